The van der Waals surface area contributed by atoms with Crippen LogP contribution in [0.3, 0.4) is 0 Å². The lowest BCUT2D eigenvalue weighted by Gasteiger charge is -2.65. The average Bonchev–Trinajstić information content (AvgIpc) is 2.45. The van der Waals surface area contributed by atoms with Crippen LogP contribution < -0.4 is 0 Å². The molecule has 0 amide bonds. The van der Waals surface area contributed by atoms with Gasteiger partial charge in [-0.05, 0) is 70.8 Å². The summed E-state index contributed by atoms with van der Waals surface area (Å²) < 4.78 is 0. The molecule has 0 aliphatic heterocycles. The van der Waals surface area contributed by atoms with E-state index in [1.807, 2.05) is 0 Å². The normalized spacial score (nSPS) is 54.1. The van der Waals surface area contributed by atoms with Gasteiger partial charge in [-0.1, -0.05) is 54.4 Å². The zero-order valence-electron chi connectivity index (χ0n) is 15.4. The van der Waals surface area contributed by atoms with E-state index in [0.29, 0.717) is 17.0 Å². The maximum Gasteiger partial charge on any atom is 0.257 e. The highest BCUT2D eigenvalue weighted by Gasteiger charge is 2.62. The maximum atomic E-state index is 7.19. The van der Waals surface area contributed by atoms with Gasteiger partial charge in [-0.3, -0.25) is 0 Å². The summed E-state index contributed by atoms with van der Waals surface area (Å²) in [6.07, 6.45) is 6.20. The Kier molecular flexibility index (Phi) is 3.39. The molecule has 6 aliphatic carbocycles. The highest BCUT2D eigenvalue weighted by Crippen LogP contribution is 2.69. The molecule has 0 N–H and O–H groups in total. The molecule has 124 valence electrons. The minimum atomic E-state index is 0.438. The van der Waals surface area contributed by atoms with E-state index >= 15 is 0 Å². The van der Waals surface area contributed by atoms with E-state index in [-0.39, 0.29) is 0 Å². The Morgan fingerprint density at radius 1 is 0.727 bits per heavy atom. The number of rotatable bonds is 2. The topological polar surface area (TPSA) is 0 Å². The highest BCUT2D eigenvalue weighted by molar-refractivity contribution is 7.08. The lowest BCUT2D eigenvalue weighted by Crippen LogP contribution is -2.58. The van der Waals surface area contributed by atoms with E-state index < -0.39 is 0 Å². The van der Waals surface area contributed by atoms with Gasteiger partial charge in [0.2, 0.25) is 0 Å². The highest BCUT2D eigenvalue weighted by atomic mass is 35.5. The summed E-state index contributed by atoms with van der Waals surface area (Å²) in [5.74, 6) is 7.00. The van der Waals surface area contributed by atoms with Gasteiger partial charge in [-0.25, -0.2) is 0 Å². The molecule has 2 heteroatoms. The van der Waals surface area contributed by atoms with Gasteiger partial charge in [0.25, 0.3) is 6.13 Å². The molecule has 0 aromatic rings. The van der Waals surface area contributed by atoms with Gasteiger partial charge in [0, 0.05) is 0 Å². The summed E-state index contributed by atoms with van der Waals surface area (Å²) in [4.78, 5) is 0. The van der Waals surface area contributed by atoms with Crippen molar-refractivity contribution in [3.63, 3.8) is 0 Å². The molecule has 0 spiro atoms. The number of halogens is 1. The predicted octanol–water partition coefficient (Wildman–Crippen LogP) is 6.36. The minimum absolute atomic E-state index is 0.438. The average molecular weight is 321 g/mol. The van der Waals surface area contributed by atoms with Crippen LogP contribution in [0.25, 0.3) is 0 Å². The molecule has 0 unspecified atom stereocenters. The van der Waals surface area contributed by atoms with E-state index in [1.165, 1.54) is 25.7 Å². The molecule has 6 fully saturated rings. The Labute approximate surface area is 143 Å². The third-order valence-electron chi connectivity index (χ3n) is 9.64. The SMILES string of the molecule is C[C@H]1[C@H]2C[C@@H](C[C@H]1B(Cl)[C@@H]1C[C@@H]3C[C@H]([C@@H]1C)C3(C)C)C2(C)C. The second kappa shape index (κ2) is 4.71. The van der Waals surface area contributed by atoms with Gasteiger partial charge in [0.05, 0.1) is 0 Å². The second-order valence-corrected chi connectivity index (χ2v) is 11.2. The number of hydrogen-bond acceptors (Lipinski definition) is 0. The molecular weight excluding hydrogens is 286 g/mol. The summed E-state index contributed by atoms with van der Waals surface area (Å²) in [5.41, 5.74) is 1.18. The third-order valence-corrected chi connectivity index (χ3v) is 10.3. The molecule has 0 aromatic heterocycles. The van der Waals surface area contributed by atoms with Crippen molar-refractivity contribution in [3.05, 3.63) is 0 Å². The lowest BCUT2D eigenvalue weighted by atomic mass is 9.30. The van der Waals surface area contributed by atoms with Crippen LogP contribution in [0, 0.1) is 46.3 Å². The second-order valence-electron chi connectivity index (χ2n) is 10.7. The summed E-state index contributed by atoms with van der Waals surface area (Å²) in [7, 11) is 0. The van der Waals surface area contributed by atoms with Crippen molar-refractivity contribution in [2.24, 2.45) is 46.3 Å². The smallest absolute Gasteiger partial charge is 0.195 e. The lowest BCUT2D eigenvalue weighted by molar-refractivity contribution is -0.106. The molecule has 0 heterocycles. The molecule has 0 aromatic carbocycles. The molecule has 0 nitrogen and oxygen atoms in total. The largest absolute Gasteiger partial charge is 0.257 e. The standard InChI is InChI=1S/C20H34BCl/c1-11-15-7-13(19(15,3)4)9-17(11)21(22)18-10-14-8-16(12(18)2)20(14,5)6/h11-18H,7-10H2,1-6H3/t11-,12-,13-,14-,15+,16+,17+,18+/m0/s1. The predicted molar refractivity (Wildman–Crippen MR) is 97.4 cm³/mol. The van der Waals surface area contributed by atoms with Crippen LogP contribution in [0.4, 0.5) is 0 Å². The van der Waals surface area contributed by atoms with Gasteiger partial charge < -0.3 is 0 Å². The number of fused-ring (bicyclic) bond motifs is 4. The monoisotopic (exact) mass is 320 g/mol. The molecule has 0 saturated heterocycles. The summed E-state index contributed by atoms with van der Waals surface area (Å²) in [6, 6.07) is 0. The van der Waals surface area contributed by atoms with E-state index in [1.54, 1.807) is 0 Å². The molecule has 22 heavy (non-hydrogen) atoms. The van der Waals surface area contributed by atoms with Gasteiger partial charge >= 0.3 is 0 Å². The quantitative estimate of drug-likeness (QED) is 0.519. The molecule has 6 aliphatic rings. The van der Waals surface area contributed by atoms with Crippen LogP contribution in [-0.2, 0) is 0 Å². The van der Waals surface area contributed by atoms with E-state index in [4.69, 9.17) is 11.5 Å². The first kappa shape index (κ1) is 15.9. The van der Waals surface area contributed by atoms with Gasteiger partial charge in [-0.2, -0.15) is 11.5 Å². The van der Waals surface area contributed by atoms with Crippen molar-refractivity contribution in [1.82, 2.24) is 0 Å². The van der Waals surface area contributed by atoms with Crippen molar-refractivity contribution in [3.8, 4) is 0 Å². The summed E-state index contributed by atoms with van der Waals surface area (Å²) >= 11 is 7.19. The Balaban J connectivity index is 1.49. The van der Waals surface area contributed by atoms with E-state index in [0.717, 1.165) is 47.1 Å². The zero-order valence-corrected chi connectivity index (χ0v) is 16.2. The fraction of sp³-hybridized carbons (Fsp3) is 1.00. The molecular formula is C20H34BCl. The van der Waals surface area contributed by atoms with Crippen molar-refractivity contribution in [2.75, 3.05) is 0 Å². The van der Waals surface area contributed by atoms with Crippen molar-refractivity contribution in [2.45, 2.75) is 78.9 Å². The van der Waals surface area contributed by atoms with Crippen LogP contribution in [0.2, 0.25) is 11.6 Å². The van der Waals surface area contributed by atoms with E-state index in [2.05, 4.69) is 41.5 Å². The first-order valence-electron chi connectivity index (χ1n) is 9.79. The Hall–Kier alpha value is 0.355. The number of hydrogen-bond donors (Lipinski definition) is 0. The van der Waals surface area contributed by atoms with Gasteiger partial charge in [0.1, 0.15) is 0 Å². The Bertz CT molecular complexity index is 428. The fourth-order valence-corrected chi connectivity index (χ4v) is 8.20. The molecule has 4 bridgehead atoms. The van der Waals surface area contributed by atoms with Crippen LogP contribution in [0.5, 0.6) is 0 Å². The first-order valence-corrected chi connectivity index (χ1v) is 10.2. The van der Waals surface area contributed by atoms with E-state index in [9.17, 15) is 0 Å². The Morgan fingerprint density at radius 3 is 1.36 bits per heavy atom. The summed E-state index contributed by atoms with van der Waals surface area (Å²) in [5, 5.41) is 0. The molecule has 6 saturated carbocycles. The van der Waals surface area contributed by atoms with Crippen LogP contribution >= 0.6 is 11.5 Å². The fourth-order valence-electron chi connectivity index (χ4n) is 7.54. The third kappa shape index (κ3) is 1.84. The van der Waals surface area contributed by atoms with Gasteiger partial charge in [-0.15, -0.1) is 0 Å². The Morgan fingerprint density at radius 2 is 1.09 bits per heavy atom. The molecule has 6 rings (SSSR count). The van der Waals surface area contributed by atoms with Crippen LogP contribution in [-0.4, -0.2) is 6.13 Å². The van der Waals surface area contributed by atoms with Crippen LogP contribution in [0.15, 0.2) is 0 Å². The minimum Gasteiger partial charge on any atom is -0.195 e. The summed E-state index contributed by atoms with van der Waals surface area (Å²) in [6.45, 7) is 15.0. The van der Waals surface area contributed by atoms with Gasteiger partial charge in [0.15, 0.2) is 0 Å². The first-order chi connectivity index (χ1) is 10.2. The molecule has 0 radical (unpaired) electrons. The zero-order chi connectivity index (χ0) is 16.0. The molecule has 8 atom stereocenters. The maximum absolute atomic E-state index is 7.19. The van der Waals surface area contributed by atoms with Crippen molar-refractivity contribution < 1.29 is 0 Å². The van der Waals surface area contributed by atoms with Crippen molar-refractivity contribution in [1.29, 1.82) is 0 Å². The van der Waals surface area contributed by atoms with Crippen molar-refractivity contribution >= 4 is 17.6 Å². The van der Waals surface area contributed by atoms with Crippen LogP contribution in [0.1, 0.15) is 67.2 Å².